The molecule has 0 unspecified atom stereocenters. The normalized spacial score (nSPS) is 15.3. The number of para-hydroxylation sites is 1. The van der Waals surface area contributed by atoms with Crippen LogP contribution in [0.25, 0.3) is 0 Å². The monoisotopic (exact) mass is 456 g/mol. The average Bonchev–Trinajstić information content (AvgIpc) is 2.69. The summed E-state index contributed by atoms with van der Waals surface area (Å²) in [6, 6.07) is 11.5. The van der Waals surface area contributed by atoms with E-state index in [4.69, 9.17) is 27.9 Å². The van der Waals surface area contributed by atoms with Gasteiger partial charge in [0.25, 0.3) is 5.91 Å². The smallest absolute Gasteiger partial charge is 0.255 e. The molecule has 1 aliphatic heterocycles. The number of ether oxygens (including phenoxy) is 1. The van der Waals surface area contributed by atoms with Crippen LogP contribution in [0.1, 0.15) is 10.4 Å². The van der Waals surface area contributed by atoms with Gasteiger partial charge in [-0.1, -0.05) is 35.3 Å². The minimum atomic E-state index is -3.41. The van der Waals surface area contributed by atoms with Gasteiger partial charge in [-0.2, -0.15) is 0 Å². The summed E-state index contributed by atoms with van der Waals surface area (Å²) in [7, 11) is -3.41. The van der Waals surface area contributed by atoms with Gasteiger partial charge in [-0.05, 0) is 30.3 Å². The van der Waals surface area contributed by atoms with Crippen LogP contribution >= 0.6 is 23.2 Å². The first-order chi connectivity index (χ1) is 13.8. The molecule has 6 nitrogen and oxygen atoms in total. The fraction of sp³-hybridized carbons (Fsp3) is 0.350. The van der Waals surface area contributed by atoms with Gasteiger partial charge in [0.2, 0.25) is 0 Å². The second-order valence-electron chi connectivity index (χ2n) is 6.83. The van der Waals surface area contributed by atoms with Crippen molar-refractivity contribution in [3.63, 3.8) is 0 Å². The Morgan fingerprint density at radius 3 is 2.38 bits per heavy atom. The molecular weight excluding hydrogens is 435 g/mol. The van der Waals surface area contributed by atoms with Gasteiger partial charge in [0.05, 0.1) is 20.5 Å². The van der Waals surface area contributed by atoms with Crippen LogP contribution in [-0.2, 0) is 9.84 Å². The first-order valence-corrected chi connectivity index (χ1v) is 11.8. The molecule has 0 radical (unpaired) electrons. The molecule has 0 saturated carbocycles. The van der Waals surface area contributed by atoms with Crippen LogP contribution in [0.5, 0.6) is 5.75 Å². The summed E-state index contributed by atoms with van der Waals surface area (Å²) in [6.07, 6.45) is 1.11. The molecule has 1 aliphatic rings. The van der Waals surface area contributed by atoms with E-state index < -0.39 is 9.84 Å². The number of halogens is 2. The molecule has 2 aromatic rings. The maximum absolute atomic E-state index is 12.8. The fourth-order valence-corrected chi connectivity index (χ4v) is 4.13. The van der Waals surface area contributed by atoms with Gasteiger partial charge in [-0.15, -0.1) is 0 Å². The van der Waals surface area contributed by atoms with Gasteiger partial charge in [-0.3, -0.25) is 9.69 Å². The summed E-state index contributed by atoms with van der Waals surface area (Å²) < 4.78 is 29.3. The Bertz CT molecular complexity index is 990. The highest BCUT2D eigenvalue weighted by Gasteiger charge is 2.24. The van der Waals surface area contributed by atoms with Crippen molar-refractivity contribution in [3.8, 4) is 5.75 Å². The molecule has 1 saturated heterocycles. The van der Waals surface area contributed by atoms with Crippen LogP contribution in [0.2, 0.25) is 10.0 Å². The fourth-order valence-electron chi connectivity index (χ4n) is 3.09. The van der Waals surface area contributed by atoms with Gasteiger partial charge >= 0.3 is 0 Å². The van der Waals surface area contributed by atoms with Crippen molar-refractivity contribution in [1.82, 2.24) is 9.80 Å². The predicted octanol–water partition coefficient (Wildman–Crippen LogP) is 3.23. The van der Waals surface area contributed by atoms with Crippen LogP contribution in [0.4, 0.5) is 0 Å². The Labute approximate surface area is 180 Å². The van der Waals surface area contributed by atoms with E-state index in [0.717, 1.165) is 12.8 Å². The predicted molar refractivity (Wildman–Crippen MR) is 114 cm³/mol. The van der Waals surface area contributed by atoms with Crippen LogP contribution < -0.4 is 4.74 Å². The van der Waals surface area contributed by atoms with Crippen LogP contribution in [-0.4, -0.2) is 69.7 Å². The van der Waals surface area contributed by atoms with E-state index in [1.165, 1.54) is 18.2 Å². The lowest BCUT2D eigenvalue weighted by atomic mass is 10.1. The topological polar surface area (TPSA) is 66.9 Å². The molecule has 0 aromatic heterocycles. The number of amides is 1. The third-order valence-corrected chi connectivity index (χ3v) is 6.51. The van der Waals surface area contributed by atoms with Gasteiger partial charge in [0.1, 0.15) is 12.4 Å². The first kappa shape index (κ1) is 21.9. The Balaban J connectivity index is 1.54. The van der Waals surface area contributed by atoms with Crippen molar-refractivity contribution in [2.24, 2.45) is 0 Å². The summed E-state index contributed by atoms with van der Waals surface area (Å²) in [4.78, 5) is 16.8. The number of rotatable bonds is 6. The number of carbonyl (C=O) groups is 1. The highest BCUT2D eigenvalue weighted by atomic mass is 35.5. The van der Waals surface area contributed by atoms with E-state index in [0.29, 0.717) is 43.6 Å². The number of hydrogen-bond acceptors (Lipinski definition) is 5. The van der Waals surface area contributed by atoms with Crippen molar-refractivity contribution in [2.75, 3.05) is 45.6 Å². The molecule has 0 aliphatic carbocycles. The van der Waals surface area contributed by atoms with Crippen molar-refractivity contribution in [2.45, 2.75) is 4.90 Å². The highest BCUT2D eigenvalue weighted by molar-refractivity contribution is 7.90. The van der Waals surface area contributed by atoms with Crippen molar-refractivity contribution in [1.29, 1.82) is 0 Å². The molecule has 0 N–H and O–H groups in total. The molecular formula is C20H22Cl2N2O4S. The molecule has 29 heavy (non-hydrogen) atoms. The Morgan fingerprint density at radius 2 is 1.72 bits per heavy atom. The first-order valence-electron chi connectivity index (χ1n) is 9.14. The number of piperazine rings is 1. The van der Waals surface area contributed by atoms with Crippen LogP contribution in [0.3, 0.4) is 0 Å². The van der Waals surface area contributed by atoms with Crippen molar-refractivity contribution < 1.29 is 17.9 Å². The lowest BCUT2D eigenvalue weighted by molar-refractivity contribution is 0.0620. The standard InChI is InChI=1S/C20H22Cl2N2O4S/c1-29(26,27)15-6-7-17(21)16(14-15)20(25)24-10-8-23(9-11-24)12-13-28-19-5-3-2-4-18(19)22/h2-7,14H,8-13H2,1H3. The second kappa shape index (κ2) is 9.34. The summed E-state index contributed by atoms with van der Waals surface area (Å²) in [6.45, 7) is 3.67. The number of benzene rings is 2. The Kier molecular flexibility index (Phi) is 7.05. The number of sulfone groups is 1. The van der Waals surface area contributed by atoms with E-state index in [2.05, 4.69) is 4.90 Å². The SMILES string of the molecule is CS(=O)(=O)c1ccc(Cl)c(C(=O)N2CCN(CCOc3ccccc3Cl)CC2)c1. The third-order valence-electron chi connectivity index (χ3n) is 4.76. The number of hydrogen-bond donors (Lipinski definition) is 0. The second-order valence-corrected chi connectivity index (χ2v) is 9.66. The van der Waals surface area contributed by atoms with E-state index >= 15 is 0 Å². The van der Waals surface area contributed by atoms with Crippen LogP contribution in [0, 0.1) is 0 Å². The molecule has 3 rings (SSSR count). The van der Waals surface area contributed by atoms with E-state index in [1.54, 1.807) is 11.0 Å². The molecule has 0 bridgehead atoms. The van der Waals surface area contributed by atoms with E-state index in [1.807, 2.05) is 18.2 Å². The lowest BCUT2D eigenvalue weighted by Gasteiger charge is -2.34. The zero-order valence-corrected chi connectivity index (χ0v) is 18.3. The molecule has 0 spiro atoms. The maximum Gasteiger partial charge on any atom is 0.255 e. The summed E-state index contributed by atoms with van der Waals surface area (Å²) in [5.41, 5.74) is 0.213. The molecule has 1 amide bonds. The van der Waals surface area contributed by atoms with Crippen molar-refractivity contribution in [3.05, 3.63) is 58.1 Å². The molecule has 1 fully saturated rings. The quantitative estimate of drug-likeness (QED) is 0.667. The molecule has 0 atom stereocenters. The zero-order chi connectivity index (χ0) is 21.0. The summed E-state index contributed by atoms with van der Waals surface area (Å²) in [5, 5.41) is 0.828. The van der Waals surface area contributed by atoms with Crippen molar-refractivity contribution >= 4 is 38.9 Å². The summed E-state index contributed by atoms with van der Waals surface area (Å²) >= 11 is 12.2. The number of nitrogens with zero attached hydrogens (tertiary/aromatic N) is 2. The third kappa shape index (κ3) is 5.63. The average molecular weight is 457 g/mol. The number of carbonyl (C=O) groups excluding carboxylic acids is 1. The molecule has 2 aromatic carbocycles. The minimum absolute atomic E-state index is 0.0839. The van der Waals surface area contributed by atoms with Crippen LogP contribution in [0.15, 0.2) is 47.4 Å². The molecule has 9 heteroatoms. The van der Waals surface area contributed by atoms with E-state index in [-0.39, 0.29) is 21.4 Å². The van der Waals surface area contributed by atoms with Gasteiger partial charge in [0.15, 0.2) is 9.84 Å². The summed E-state index contributed by atoms with van der Waals surface area (Å²) in [5.74, 6) is 0.399. The highest BCUT2D eigenvalue weighted by Crippen LogP contribution is 2.24. The molecule has 1 heterocycles. The van der Waals surface area contributed by atoms with Gasteiger partial charge < -0.3 is 9.64 Å². The minimum Gasteiger partial charge on any atom is -0.491 e. The van der Waals surface area contributed by atoms with Gasteiger partial charge in [0, 0.05) is 39.0 Å². The van der Waals surface area contributed by atoms with E-state index in [9.17, 15) is 13.2 Å². The zero-order valence-electron chi connectivity index (χ0n) is 16.0. The molecule has 156 valence electrons. The Morgan fingerprint density at radius 1 is 1.03 bits per heavy atom. The largest absolute Gasteiger partial charge is 0.491 e. The Hall–Kier alpha value is -1.80. The lowest BCUT2D eigenvalue weighted by Crippen LogP contribution is -2.49. The van der Waals surface area contributed by atoms with Gasteiger partial charge in [-0.25, -0.2) is 8.42 Å². The maximum atomic E-state index is 12.8.